The topological polar surface area (TPSA) is 116 Å². The molecule has 0 saturated carbocycles. The fourth-order valence-corrected chi connectivity index (χ4v) is 4.73. The summed E-state index contributed by atoms with van der Waals surface area (Å²) in [5.41, 5.74) is 7.61. The number of nitrogens with one attached hydrogen (secondary N) is 1. The molecule has 0 aromatic heterocycles. The Morgan fingerprint density at radius 2 is 1.87 bits per heavy atom. The predicted molar refractivity (Wildman–Crippen MR) is 150 cm³/mol. The standard InChI is InChI=1S/C29H51N3O6/c1-21(2)24(18-23-7-8-27(36-5)28(19-23)38-14-6-13-35-4)20-25(30)26(33)17-22(3)29(34)31-9-10-32-11-15-37-16-12-32/h7-8,19,21-22,24-26,33H,6,9-18,20,30H2,1-5H3,(H,31,34)/t22-,24+,25+,26+/m1/s1. The zero-order chi connectivity index (χ0) is 27.9. The highest BCUT2D eigenvalue weighted by Gasteiger charge is 2.26. The van der Waals surface area contributed by atoms with Crippen molar-refractivity contribution in [2.75, 3.05) is 66.8 Å². The van der Waals surface area contributed by atoms with E-state index in [1.807, 2.05) is 19.1 Å². The molecule has 1 aromatic carbocycles. The number of aliphatic hydroxyl groups excluding tert-OH is 1. The lowest BCUT2D eigenvalue weighted by atomic mass is 9.82. The Morgan fingerprint density at radius 1 is 1.13 bits per heavy atom. The molecule has 4 atom stereocenters. The van der Waals surface area contributed by atoms with E-state index in [-0.39, 0.29) is 17.7 Å². The Morgan fingerprint density at radius 3 is 2.53 bits per heavy atom. The molecule has 0 unspecified atom stereocenters. The Kier molecular flexibility index (Phi) is 15.0. The second-order valence-corrected chi connectivity index (χ2v) is 10.7. The number of benzene rings is 1. The molecule has 38 heavy (non-hydrogen) atoms. The lowest BCUT2D eigenvalue weighted by Crippen LogP contribution is -2.43. The summed E-state index contributed by atoms with van der Waals surface area (Å²) in [6.45, 7) is 12.1. The van der Waals surface area contributed by atoms with Crippen molar-refractivity contribution in [2.24, 2.45) is 23.5 Å². The fourth-order valence-electron chi connectivity index (χ4n) is 4.73. The largest absolute Gasteiger partial charge is 0.493 e. The van der Waals surface area contributed by atoms with Gasteiger partial charge in [0.25, 0.3) is 0 Å². The van der Waals surface area contributed by atoms with Gasteiger partial charge in [0.05, 0.1) is 33.0 Å². The Bertz CT molecular complexity index is 803. The first-order valence-electron chi connectivity index (χ1n) is 14.0. The van der Waals surface area contributed by atoms with Crippen molar-refractivity contribution in [3.63, 3.8) is 0 Å². The quantitative estimate of drug-likeness (QED) is 0.245. The number of ether oxygens (including phenoxy) is 4. The molecule has 1 amide bonds. The number of aliphatic hydroxyl groups is 1. The van der Waals surface area contributed by atoms with Gasteiger partial charge >= 0.3 is 0 Å². The van der Waals surface area contributed by atoms with Crippen LogP contribution in [0.25, 0.3) is 0 Å². The molecule has 1 aromatic rings. The van der Waals surface area contributed by atoms with Gasteiger partial charge in [0, 0.05) is 58.3 Å². The Hall–Kier alpha value is -1.91. The molecule has 9 nitrogen and oxygen atoms in total. The second kappa shape index (κ2) is 17.6. The third-order valence-corrected chi connectivity index (χ3v) is 7.36. The summed E-state index contributed by atoms with van der Waals surface area (Å²) in [7, 11) is 3.32. The highest BCUT2D eigenvalue weighted by atomic mass is 16.5. The van der Waals surface area contributed by atoms with Crippen molar-refractivity contribution in [3.05, 3.63) is 23.8 Å². The van der Waals surface area contributed by atoms with Crippen molar-refractivity contribution < 1.29 is 28.8 Å². The third-order valence-electron chi connectivity index (χ3n) is 7.36. The SMILES string of the molecule is COCCCOc1cc(C[C@@H](C[C@H](N)[C@@H](O)C[C@@H](C)C(=O)NCCN2CCOCC2)C(C)C)ccc1OC. The molecule has 218 valence electrons. The summed E-state index contributed by atoms with van der Waals surface area (Å²) in [5.74, 6) is 1.73. The highest BCUT2D eigenvalue weighted by Crippen LogP contribution is 2.31. The second-order valence-electron chi connectivity index (χ2n) is 10.7. The van der Waals surface area contributed by atoms with E-state index in [0.717, 1.165) is 57.0 Å². The number of nitrogens with zero attached hydrogens (tertiary/aromatic N) is 1. The molecule has 0 bridgehead atoms. The van der Waals surface area contributed by atoms with Crippen LogP contribution in [0.15, 0.2) is 18.2 Å². The number of carbonyl (C=O) groups excluding carboxylic acids is 1. The molecule has 1 aliphatic rings. The third kappa shape index (κ3) is 11.5. The molecule has 9 heteroatoms. The monoisotopic (exact) mass is 537 g/mol. The van der Waals surface area contributed by atoms with Gasteiger partial charge in [0.2, 0.25) is 5.91 Å². The predicted octanol–water partition coefficient (Wildman–Crippen LogP) is 2.48. The minimum absolute atomic E-state index is 0.0406. The molecular weight excluding hydrogens is 486 g/mol. The maximum absolute atomic E-state index is 12.6. The molecule has 2 rings (SSSR count). The molecule has 1 saturated heterocycles. The van der Waals surface area contributed by atoms with Gasteiger partial charge in [0.1, 0.15) is 0 Å². The molecule has 0 spiro atoms. The van der Waals surface area contributed by atoms with Gasteiger partial charge in [-0.25, -0.2) is 0 Å². The van der Waals surface area contributed by atoms with Crippen LogP contribution in [-0.2, 0) is 20.7 Å². The lowest BCUT2D eigenvalue weighted by molar-refractivity contribution is -0.125. The first-order chi connectivity index (χ1) is 18.2. The van der Waals surface area contributed by atoms with E-state index in [0.29, 0.717) is 44.3 Å². The van der Waals surface area contributed by atoms with Gasteiger partial charge in [0.15, 0.2) is 11.5 Å². The van der Waals surface area contributed by atoms with Crippen molar-refractivity contribution in [1.82, 2.24) is 10.2 Å². The number of morpholine rings is 1. The zero-order valence-electron chi connectivity index (χ0n) is 24.1. The van der Waals surface area contributed by atoms with Crippen LogP contribution in [0.3, 0.4) is 0 Å². The number of methoxy groups -OCH3 is 2. The van der Waals surface area contributed by atoms with Gasteiger partial charge in [-0.05, 0) is 48.8 Å². The van der Waals surface area contributed by atoms with E-state index in [1.165, 1.54) is 0 Å². The molecule has 1 aliphatic heterocycles. The highest BCUT2D eigenvalue weighted by molar-refractivity contribution is 5.78. The first-order valence-corrected chi connectivity index (χ1v) is 14.0. The Labute approximate surface area is 229 Å². The van der Waals surface area contributed by atoms with Crippen LogP contribution >= 0.6 is 0 Å². The summed E-state index contributed by atoms with van der Waals surface area (Å²) >= 11 is 0. The number of hydrogen-bond acceptors (Lipinski definition) is 8. The Balaban J connectivity index is 1.85. The minimum Gasteiger partial charge on any atom is -0.493 e. The van der Waals surface area contributed by atoms with E-state index in [9.17, 15) is 9.90 Å². The maximum atomic E-state index is 12.6. The lowest BCUT2D eigenvalue weighted by Gasteiger charge is -2.29. The minimum atomic E-state index is -0.744. The van der Waals surface area contributed by atoms with Crippen LogP contribution in [0.5, 0.6) is 11.5 Å². The number of nitrogens with two attached hydrogens (primary N) is 1. The van der Waals surface area contributed by atoms with Gasteiger partial charge in [-0.3, -0.25) is 9.69 Å². The van der Waals surface area contributed by atoms with Crippen molar-refractivity contribution >= 4 is 5.91 Å². The zero-order valence-corrected chi connectivity index (χ0v) is 24.1. The molecule has 4 N–H and O–H groups in total. The van der Waals surface area contributed by atoms with Crippen molar-refractivity contribution in [1.29, 1.82) is 0 Å². The summed E-state index contributed by atoms with van der Waals surface area (Å²) in [6.07, 6.45) is 1.88. The van der Waals surface area contributed by atoms with E-state index in [1.54, 1.807) is 14.2 Å². The van der Waals surface area contributed by atoms with Crippen LogP contribution in [0.2, 0.25) is 0 Å². The van der Waals surface area contributed by atoms with Gasteiger partial charge in [-0.2, -0.15) is 0 Å². The van der Waals surface area contributed by atoms with E-state index < -0.39 is 12.1 Å². The summed E-state index contributed by atoms with van der Waals surface area (Å²) in [6, 6.07) is 5.62. The number of carbonyl (C=O) groups is 1. The fraction of sp³-hybridized carbons (Fsp3) is 0.759. The number of rotatable bonds is 18. The van der Waals surface area contributed by atoms with Crippen molar-refractivity contribution in [3.8, 4) is 11.5 Å². The normalized spacial score (nSPS) is 17.6. The molecule has 1 heterocycles. The average molecular weight is 538 g/mol. The smallest absolute Gasteiger partial charge is 0.222 e. The molecular formula is C29H51N3O6. The summed E-state index contributed by atoms with van der Waals surface area (Å²) in [5, 5.41) is 13.8. The average Bonchev–Trinajstić information content (AvgIpc) is 2.91. The summed E-state index contributed by atoms with van der Waals surface area (Å²) in [4.78, 5) is 14.9. The number of amides is 1. The van der Waals surface area contributed by atoms with E-state index >= 15 is 0 Å². The van der Waals surface area contributed by atoms with Gasteiger partial charge in [-0.15, -0.1) is 0 Å². The first kappa shape index (κ1) is 32.3. The van der Waals surface area contributed by atoms with Crippen LogP contribution in [0.4, 0.5) is 0 Å². The molecule has 1 fully saturated rings. The maximum Gasteiger partial charge on any atom is 0.222 e. The van der Waals surface area contributed by atoms with E-state index in [2.05, 4.69) is 30.1 Å². The van der Waals surface area contributed by atoms with Crippen LogP contribution in [0.1, 0.15) is 45.6 Å². The van der Waals surface area contributed by atoms with Crippen LogP contribution in [-0.4, -0.2) is 94.9 Å². The van der Waals surface area contributed by atoms with Crippen molar-refractivity contribution in [2.45, 2.75) is 58.6 Å². The van der Waals surface area contributed by atoms with Crippen LogP contribution in [0, 0.1) is 17.8 Å². The molecule has 0 radical (unpaired) electrons. The van der Waals surface area contributed by atoms with Crippen LogP contribution < -0.4 is 20.5 Å². The van der Waals surface area contributed by atoms with E-state index in [4.69, 9.17) is 24.7 Å². The van der Waals surface area contributed by atoms with Gasteiger partial charge in [-0.1, -0.05) is 26.8 Å². The van der Waals surface area contributed by atoms with Gasteiger partial charge < -0.3 is 35.1 Å². The molecule has 0 aliphatic carbocycles. The number of hydrogen-bond donors (Lipinski definition) is 3. The summed E-state index contributed by atoms with van der Waals surface area (Å²) < 4.78 is 21.9.